The predicted octanol–water partition coefficient (Wildman–Crippen LogP) is 2.86. The molecule has 0 spiro atoms. The number of carbonyl (C=O) groups is 2. The van der Waals surface area contributed by atoms with Crippen molar-refractivity contribution in [1.82, 2.24) is 16.2 Å². The van der Waals surface area contributed by atoms with Crippen LogP contribution >= 0.6 is 11.6 Å². The van der Waals surface area contributed by atoms with Crippen LogP contribution in [0.1, 0.15) is 33.9 Å². The summed E-state index contributed by atoms with van der Waals surface area (Å²) in [6, 6.07) is 4.50. The van der Waals surface area contributed by atoms with Crippen molar-refractivity contribution in [3.63, 3.8) is 0 Å². The first-order valence-corrected chi connectivity index (χ1v) is 8.81. The molecule has 1 aromatic heterocycles. The molecule has 1 aromatic carbocycles. The van der Waals surface area contributed by atoms with Crippen molar-refractivity contribution in [2.45, 2.75) is 26.8 Å². The van der Waals surface area contributed by atoms with Crippen LogP contribution in [0, 0.1) is 13.8 Å². The largest absolute Gasteiger partial charge is 0.489 e. The number of halogens is 1. The Balaban J connectivity index is 1.53. The number of benzene rings is 1. The van der Waals surface area contributed by atoms with Gasteiger partial charge in [0.05, 0.1) is 23.8 Å². The van der Waals surface area contributed by atoms with Crippen LogP contribution < -0.4 is 25.6 Å². The van der Waals surface area contributed by atoms with E-state index in [2.05, 4.69) is 16.2 Å². The van der Waals surface area contributed by atoms with E-state index in [0.717, 1.165) is 12.0 Å². The van der Waals surface area contributed by atoms with E-state index < -0.39 is 11.9 Å². The van der Waals surface area contributed by atoms with E-state index in [0.29, 0.717) is 46.8 Å². The second kappa shape index (κ2) is 8.22. The van der Waals surface area contributed by atoms with E-state index in [4.69, 9.17) is 25.5 Å². The lowest BCUT2D eigenvalue weighted by Crippen LogP contribution is -2.46. The lowest BCUT2D eigenvalue weighted by atomic mass is 10.2. The lowest BCUT2D eigenvalue weighted by Gasteiger charge is -2.12. The van der Waals surface area contributed by atoms with E-state index in [9.17, 15) is 9.59 Å². The van der Waals surface area contributed by atoms with Crippen molar-refractivity contribution >= 4 is 23.5 Å². The van der Waals surface area contributed by atoms with Crippen molar-refractivity contribution in [1.29, 1.82) is 0 Å². The van der Waals surface area contributed by atoms with Crippen molar-refractivity contribution in [3.8, 4) is 11.5 Å². The van der Waals surface area contributed by atoms with Crippen LogP contribution in [0.25, 0.3) is 0 Å². The molecule has 0 bridgehead atoms. The molecule has 27 heavy (non-hydrogen) atoms. The van der Waals surface area contributed by atoms with Gasteiger partial charge in [-0.1, -0.05) is 11.6 Å². The number of aryl methyl sites for hydroxylation is 2. The third-order valence-corrected chi connectivity index (χ3v) is 4.17. The molecule has 3 amide bonds. The third kappa shape index (κ3) is 4.65. The second-order valence-corrected chi connectivity index (χ2v) is 6.45. The molecule has 9 heteroatoms. The standard InChI is InChI=1S/C18H20ClN3O5/c1-10-6-13(11(2)27-10)17(23)21-22-18(24)20-9-12-7-14(19)16-15(8-12)25-4-3-5-26-16/h6-8H,3-5,9H2,1-2H3,(H,21,23)(H2,20,22,24). The molecule has 3 N–H and O–H groups in total. The number of urea groups is 1. The molecular weight excluding hydrogens is 374 g/mol. The Hall–Kier alpha value is -2.87. The van der Waals surface area contributed by atoms with Crippen molar-refractivity contribution in [2.75, 3.05) is 13.2 Å². The van der Waals surface area contributed by atoms with Crippen LogP contribution in [0.15, 0.2) is 22.6 Å². The SMILES string of the molecule is Cc1cc(C(=O)NNC(=O)NCc2cc(Cl)c3c(c2)OCCCO3)c(C)o1. The Bertz CT molecular complexity index is 865. The smallest absolute Gasteiger partial charge is 0.333 e. The summed E-state index contributed by atoms with van der Waals surface area (Å²) in [6.07, 6.45) is 0.774. The number of nitrogens with one attached hydrogen (secondary N) is 3. The minimum atomic E-state index is -0.565. The minimum absolute atomic E-state index is 0.196. The molecule has 0 unspecified atom stereocenters. The average Bonchev–Trinajstić information content (AvgIpc) is 2.83. The van der Waals surface area contributed by atoms with E-state index in [1.165, 1.54) is 0 Å². The molecule has 2 aromatic rings. The monoisotopic (exact) mass is 393 g/mol. The zero-order valence-corrected chi connectivity index (χ0v) is 15.7. The van der Waals surface area contributed by atoms with Crippen LogP contribution in [0.3, 0.4) is 0 Å². The van der Waals surface area contributed by atoms with Gasteiger partial charge in [0.25, 0.3) is 5.91 Å². The molecule has 0 aliphatic carbocycles. The molecule has 1 aliphatic heterocycles. The Labute approximate surface area is 161 Å². The summed E-state index contributed by atoms with van der Waals surface area (Å²) < 4.78 is 16.5. The van der Waals surface area contributed by atoms with Gasteiger partial charge >= 0.3 is 6.03 Å². The number of hydrogen-bond acceptors (Lipinski definition) is 5. The molecule has 2 heterocycles. The zero-order chi connectivity index (χ0) is 19.4. The fourth-order valence-corrected chi connectivity index (χ4v) is 2.94. The van der Waals surface area contributed by atoms with Gasteiger partial charge in [-0.15, -0.1) is 0 Å². The van der Waals surface area contributed by atoms with Gasteiger partial charge in [0.2, 0.25) is 0 Å². The minimum Gasteiger partial charge on any atom is -0.489 e. The Morgan fingerprint density at radius 3 is 2.63 bits per heavy atom. The molecule has 144 valence electrons. The van der Waals surface area contributed by atoms with Gasteiger partial charge in [-0.25, -0.2) is 10.2 Å². The summed E-state index contributed by atoms with van der Waals surface area (Å²) in [7, 11) is 0. The Kier molecular flexibility index (Phi) is 5.75. The van der Waals surface area contributed by atoms with Crippen LogP contribution in [0.5, 0.6) is 11.5 Å². The van der Waals surface area contributed by atoms with Crippen molar-refractivity contribution < 1.29 is 23.5 Å². The van der Waals surface area contributed by atoms with Gasteiger partial charge in [0, 0.05) is 13.0 Å². The van der Waals surface area contributed by atoms with Crippen LogP contribution in [0.2, 0.25) is 5.02 Å². The molecule has 0 saturated carbocycles. The first kappa shape index (κ1) is 18.9. The first-order chi connectivity index (χ1) is 12.9. The highest BCUT2D eigenvalue weighted by atomic mass is 35.5. The maximum absolute atomic E-state index is 12.0. The number of hydrogen-bond donors (Lipinski definition) is 3. The van der Waals surface area contributed by atoms with Crippen molar-refractivity contribution in [3.05, 3.63) is 45.9 Å². The molecular formula is C18H20ClN3O5. The molecule has 0 saturated heterocycles. The predicted molar refractivity (Wildman–Crippen MR) is 98.1 cm³/mol. The van der Waals surface area contributed by atoms with E-state index >= 15 is 0 Å². The number of furan rings is 1. The molecule has 0 radical (unpaired) electrons. The number of carbonyl (C=O) groups excluding carboxylic acids is 2. The molecule has 0 fully saturated rings. The highest BCUT2D eigenvalue weighted by Gasteiger charge is 2.17. The van der Waals surface area contributed by atoms with E-state index in [-0.39, 0.29) is 6.54 Å². The topological polar surface area (TPSA) is 102 Å². The maximum Gasteiger partial charge on any atom is 0.333 e. The maximum atomic E-state index is 12.0. The summed E-state index contributed by atoms with van der Waals surface area (Å²) in [5.41, 5.74) is 5.73. The third-order valence-electron chi connectivity index (χ3n) is 3.89. The zero-order valence-electron chi connectivity index (χ0n) is 15.0. The Morgan fingerprint density at radius 2 is 1.89 bits per heavy atom. The molecule has 1 aliphatic rings. The summed E-state index contributed by atoms with van der Waals surface area (Å²) >= 11 is 6.22. The number of amides is 3. The second-order valence-electron chi connectivity index (χ2n) is 6.04. The van der Waals surface area contributed by atoms with Gasteiger partial charge in [-0.2, -0.15) is 0 Å². The van der Waals surface area contributed by atoms with Gasteiger partial charge in [-0.05, 0) is 37.6 Å². The van der Waals surface area contributed by atoms with E-state index in [1.807, 2.05) is 0 Å². The lowest BCUT2D eigenvalue weighted by molar-refractivity contribution is 0.0934. The summed E-state index contributed by atoms with van der Waals surface area (Å²) in [6.45, 7) is 4.70. The first-order valence-electron chi connectivity index (χ1n) is 8.43. The summed E-state index contributed by atoms with van der Waals surface area (Å²) in [5.74, 6) is 1.71. The number of ether oxygens (including phenoxy) is 2. The number of hydrazine groups is 1. The average molecular weight is 394 g/mol. The normalized spacial score (nSPS) is 12.9. The van der Waals surface area contributed by atoms with Gasteiger partial charge < -0.3 is 19.2 Å². The quantitative estimate of drug-likeness (QED) is 0.696. The van der Waals surface area contributed by atoms with Gasteiger partial charge in [-0.3, -0.25) is 10.2 Å². The van der Waals surface area contributed by atoms with E-state index in [1.54, 1.807) is 32.0 Å². The van der Waals surface area contributed by atoms with Crippen molar-refractivity contribution in [2.24, 2.45) is 0 Å². The van der Waals surface area contributed by atoms with Crippen LogP contribution in [-0.2, 0) is 6.54 Å². The van der Waals surface area contributed by atoms with Crippen LogP contribution in [0.4, 0.5) is 4.79 Å². The fourth-order valence-electron chi connectivity index (χ4n) is 2.65. The molecule has 8 nitrogen and oxygen atoms in total. The molecule has 3 rings (SSSR count). The van der Waals surface area contributed by atoms with Gasteiger partial charge in [0.1, 0.15) is 11.5 Å². The highest BCUT2D eigenvalue weighted by Crippen LogP contribution is 2.37. The van der Waals surface area contributed by atoms with Gasteiger partial charge in [0.15, 0.2) is 11.5 Å². The summed E-state index contributed by atoms with van der Waals surface area (Å²) in [5, 5.41) is 3.05. The number of rotatable bonds is 3. The summed E-state index contributed by atoms with van der Waals surface area (Å²) in [4.78, 5) is 24.0. The Morgan fingerprint density at radius 1 is 1.11 bits per heavy atom. The highest BCUT2D eigenvalue weighted by molar-refractivity contribution is 6.32. The molecule has 0 atom stereocenters. The van der Waals surface area contributed by atoms with Crippen LogP contribution in [-0.4, -0.2) is 25.2 Å². The number of fused-ring (bicyclic) bond motifs is 1. The fraction of sp³-hybridized carbons (Fsp3) is 0.333.